The zero-order valence-corrected chi connectivity index (χ0v) is 15.2. The van der Waals surface area contributed by atoms with Crippen molar-refractivity contribution in [3.63, 3.8) is 0 Å². The lowest BCUT2D eigenvalue weighted by Gasteiger charge is -2.11. The molecule has 0 spiro atoms. The van der Waals surface area contributed by atoms with Crippen molar-refractivity contribution in [1.82, 2.24) is 9.97 Å². The van der Waals surface area contributed by atoms with Crippen LogP contribution in [0.4, 0.5) is 18.9 Å². The Morgan fingerprint density at radius 2 is 1.97 bits per heavy atom. The van der Waals surface area contributed by atoms with E-state index in [2.05, 4.69) is 20.0 Å². The van der Waals surface area contributed by atoms with E-state index in [0.29, 0.717) is 17.2 Å². The fourth-order valence-corrected chi connectivity index (χ4v) is 2.34. The Morgan fingerprint density at radius 3 is 2.59 bits per heavy atom. The van der Waals surface area contributed by atoms with Crippen molar-refractivity contribution in [3.05, 3.63) is 72.2 Å². The summed E-state index contributed by atoms with van der Waals surface area (Å²) in [5, 5.41) is 2.70. The van der Waals surface area contributed by atoms with Crippen molar-refractivity contribution in [3.8, 4) is 17.4 Å². The van der Waals surface area contributed by atoms with Crippen LogP contribution < -0.4 is 14.8 Å². The van der Waals surface area contributed by atoms with Crippen molar-refractivity contribution in [1.29, 1.82) is 0 Å². The number of aromatic nitrogens is 2. The third kappa shape index (κ3) is 5.93. The van der Waals surface area contributed by atoms with E-state index in [0.717, 1.165) is 11.8 Å². The standard InChI is InChI=1S/C20H16F3N3O3/c1-13-9-15(5-6-17(13)29-16-3-2-8-24-11-16)26-19(27)14-4-7-18(25-10-14)28-12-20(21,22)23/h2-11H,12H2,1H3,(H,26,27). The summed E-state index contributed by atoms with van der Waals surface area (Å²) in [6.07, 6.45) is -0.0807. The normalized spacial score (nSPS) is 11.0. The monoisotopic (exact) mass is 403 g/mol. The molecule has 0 unspecified atom stereocenters. The first-order valence-electron chi connectivity index (χ1n) is 8.46. The first-order chi connectivity index (χ1) is 13.8. The quantitative estimate of drug-likeness (QED) is 0.642. The summed E-state index contributed by atoms with van der Waals surface area (Å²) in [6.45, 7) is 0.383. The van der Waals surface area contributed by atoms with Crippen LogP contribution in [0, 0.1) is 6.92 Å². The number of rotatable bonds is 6. The number of benzene rings is 1. The van der Waals surface area contributed by atoms with E-state index >= 15 is 0 Å². The highest BCUT2D eigenvalue weighted by atomic mass is 19.4. The largest absolute Gasteiger partial charge is 0.468 e. The number of ether oxygens (including phenoxy) is 2. The van der Waals surface area contributed by atoms with Gasteiger partial charge in [-0.05, 0) is 48.9 Å². The maximum Gasteiger partial charge on any atom is 0.422 e. The van der Waals surface area contributed by atoms with E-state index in [4.69, 9.17) is 4.74 Å². The third-order valence-electron chi connectivity index (χ3n) is 3.68. The van der Waals surface area contributed by atoms with E-state index < -0.39 is 18.7 Å². The molecule has 0 aliphatic rings. The minimum Gasteiger partial charge on any atom is -0.468 e. The number of amides is 1. The van der Waals surface area contributed by atoms with Gasteiger partial charge >= 0.3 is 6.18 Å². The van der Waals surface area contributed by atoms with Crippen LogP contribution in [0.3, 0.4) is 0 Å². The molecule has 0 bridgehead atoms. The number of nitrogens with one attached hydrogen (secondary N) is 1. The highest BCUT2D eigenvalue weighted by Gasteiger charge is 2.28. The Kier molecular flexibility index (Phi) is 5.96. The lowest BCUT2D eigenvalue weighted by molar-refractivity contribution is -0.154. The van der Waals surface area contributed by atoms with Crippen LogP contribution in [0.15, 0.2) is 61.1 Å². The average Bonchev–Trinajstić information content (AvgIpc) is 2.69. The Balaban J connectivity index is 1.62. The molecule has 0 radical (unpaired) electrons. The number of hydrogen-bond donors (Lipinski definition) is 1. The summed E-state index contributed by atoms with van der Waals surface area (Å²) in [4.78, 5) is 20.0. The fraction of sp³-hybridized carbons (Fsp3) is 0.150. The molecule has 0 aliphatic heterocycles. The Hall–Kier alpha value is -3.62. The summed E-state index contributed by atoms with van der Waals surface area (Å²) in [5.41, 5.74) is 1.50. The van der Waals surface area contributed by atoms with Gasteiger partial charge in [-0.15, -0.1) is 0 Å². The van der Waals surface area contributed by atoms with Gasteiger partial charge < -0.3 is 14.8 Å². The van der Waals surface area contributed by atoms with Crippen LogP contribution in [-0.2, 0) is 0 Å². The van der Waals surface area contributed by atoms with Gasteiger partial charge in [0.15, 0.2) is 6.61 Å². The number of carbonyl (C=O) groups is 1. The first-order valence-corrected chi connectivity index (χ1v) is 8.46. The SMILES string of the molecule is Cc1cc(NC(=O)c2ccc(OCC(F)(F)F)nc2)ccc1Oc1cccnc1. The highest BCUT2D eigenvalue weighted by Crippen LogP contribution is 2.27. The van der Waals surface area contributed by atoms with Gasteiger partial charge in [-0.25, -0.2) is 4.98 Å². The van der Waals surface area contributed by atoms with E-state index in [1.807, 2.05) is 6.92 Å². The second-order valence-electron chi connectivity index (χ2n) is 6.01. The maximum absolute atomic E-state index is 12.3. The zero-order chi connectivity index (χ0) is 20.9. The molecule has 1 aromatic carbocycles. The van der Waals surface area contributed by atoms with Crippen molar-refractivity contribution < 1.29 is 27.4 Å². The van der Waals surface area contributed by atoms with Crippen LogP contribution in [0.25, 0.3) is 0 Å². The minimum atomic E-state index is -4.46. The number of pyridine rings is 2. The van der Waals surface area contributed by atoms with Gasteiger partial charge in [-0.3, -0.25) is 9.78 Å². The van der Waals surface area contributed by atoms with Crippen molar-refractivity contribution in [2.24, 2.45) is 0 Å². The van der Waals surface area contributed by atoms with Crippen molar-refractivity contribution in [2.45, 2.75) is 13.1 Å². The Labute approximate surface area is 164 Å². The van der Waals surface area contributed by atoms with Gasteiger partial charge in [0.25, 0.3) is 5.91 Å². The number of alkyl halides is 3. The van der Waals surface area contributed by atoms with Crippen LogP contribution in [-0.4, -0.2) is 28.7 Å². The number of halogens is 3. The van der Waals surface area contributed by atoms with Gasteiger partial charge in [-0.1, -0.05) is 0 Å². The molecule has 1 N–H and O–H groups in total. The Bertz CT molecular complexity index is 978. The molecule has 0 saturated heterocycles. The summed E-state index contributed by atoms with van der Waals surface area (Å²) >= 11 is 0. The first kappa shape index (κ1) is 20.1. The number of anilines is 1. The summed E-state index contributed by atoms with van der Waals surface area (Å²) in [7, 11) is 0. The van der Waals surface area contributed by atoms with Gasteiger partial charge in [0, 0.05) is 24.1 Å². The fourth-order valence-electron chi connectivity index (χ4n) is 2.34. The predicted molar refractivity (Wildman–Crippen MR) is 99.2 cm³/mol. The molecule has 6 nitrogen and oxygen atoms in total. The predicted octanol–water partition coefficient (Wildman–Crippen LogP) is 4.77. The lowest BCUT2D eigenvalue weighted by Crippen LogP contribution is -2.19. The van der Waals surface area contributed by atoms with Gasteiger partial charge in [0.2, 0.25) is 5.88 Å². The van der Waals surface area contributed by atoms with E-state index in [-0.39, 0.29) is 11.4 Å². The second-order valence-corrected chi connectivity index (χ2v) is 6.01. The molecule has 2 heterocycles. The highest BCUT2D eigenvalue weighted by molar-refractivity contribution is 6.04. The lowest BCUT2D eigenvalue weighted by atomic mass is 10.2. The second kappa shape index (κ2) is 8.59. The molecule has 3 aromatic rings. The summed E-state index contributed by atoms with van der Waals surface area (Å²) in [5.74, 6) is 0.530. The Morgan fingerprint density at radius 1 is 1.14 bits per heavy atom. The third-order valence-corrected chi connectivity index (χ3v) is 3.68. The van der Waals surface area contributed by atoms with Crippen LogP contribution >= 0.6 is 0 Å². The number of carbonyl (C=O) groups excluding carboxylic acids is 1. The number of nitrogens with zero attached hydrogens (tertiary/aromatic N) is 2. The molecule has 0 saturated carbocycles. The molecular formula is C20H16F3N3O3. The molecular weight excluding hydrogens is 387 g/mol. The number of aryl methyl sites for hydroxylation is 1. The van der Waals surface area contributed by atoms with Crippen LogP contribution in [0.1, 0.15) is 15.9 Å². The summed E-state index contributed by atoms with van der Waals surface area (Å²) in [6, 6.07) is 11.2. The maximum atomic E-state index is 12.3. The van der Waals surface area contributed by atoms with Crippen molar-refractivity contribution in [2.75, 3.05) is 11.9 Å². The minimum absolute atomic E-state index is 0.178. The molecule has 2 aromatic heterocycles. The molecule has 150 valence electrons. The summed E-state index contributed by atoms with van der Waals surface area (Å²) < 4.78 is 46.7. The van der Waals surface area contributed by atoms with Gasteiger partial charge in [0.05, 0.1) is 11.8 Å². The van der Waals surface area contributed by atoms with E-state index in [1.165, 1.54) is 12.1 Å². The molecule has 29 heavy (non-hydrogen) atoms. The van der Waals surface area contributed by atoms with Crippen molar-refractivity contribution >= 4 is 11.6 Å². The molecule has 1 amide bonds. The van der Waals surface area contributed by atoms with E-state index in [1.54, 1.807) is 42.7 Å². The van der Waals surface area contributed by atoms with Crippen LogP contribution in [0.5, 0.6) is 17.4 Å². The molecule has 0 fully saturated rings. The topological polar surface area (TPSA) is 73.3 Å². The average molecular weight is 403 g/mol. The molecule has 0 atom stereocenters. The van der Waals surface area contributed by atoms with E-state index in [9.17, 15) is 18.0 Å². The van der Waals surface area contributed by atoms with Gasteiger partial charge in [0.1, 0.15) is 11.5 Å². The molecule has 0 aliphatic carbocycles. The number of hydrogen-bond acceptors (Lipinski definition) is 5. The zero-order valence-electron chi connectivity index (χ0n) is 15.2. The van der Waals surface area contributed by atoms with Gasteiger partial charge in [-0.2, -0.15) is 13.2 Å². The molecule has 9 heteroatoms. The molecule has 3 rings (SSSR count). The smallest absolute Gasteiger partial charge is 0.422 e. The van der Waals surface area contributed by atoms with Crippen LogP contribution in [0.2, 0.25) is 0 Å².